The van der Waals surface area contributed by atoms with Gasteiger partial charge in [0.05, 0.1) is 24.6 Å². The number of carbonyl (C=O) groups excluding carboxylic acids is 3. The molecule has 3 rings (SSSR count). The molecule has 0 radical (unpaired) electrons. The monoisotopic (exact) mass is 403 g/mol. The molecule has 0 fully saturated rings. The molecule has 0 aromatic carbocycles. The van der Waals surface area contributed by atoms with Gasteiger partial charge in [0.25, 0.3) is 5.91 Å². The summed E-state index contributed by atoms with van der Waals surface area (Å²) >= 11 is 1.37. The van der Waals surface area contributed by atoms with Crippen molar-refractivity contribution in [3.8, 4) is 0 Å². The lowest BCUT2D eigenvalue weighted by molar-refractivity contribution is -0.119. The molecule has 1 N–H and O–H groups in total. The van der Waals surface area contributed by atoms with Crippen LogP contribution in [0.25, 0.3) is 0 Å². The van der Waals surface area contributed by atoms with Gasteiger partial charge in [0.2, 0.25) is 0 Å². The minimum absolute atomic E-state index is 0.0224. The number of nitrogens with zero attached hydrogens (tertiary/aromatic N) is 2. The third-order valence-electron chi connectivity index (χ3n) is 4.48. The molecule has 1 aliphatic carbocycles. The number of methoxy groups -OCH3 is 1. The molecule has 148 valence electrons. The Morgan fingerprint density at radius 3 is 2.71 bits per heavy atom. The maximum atomic E-state index is 12.3. The molecule has 2 aromatic rings. The van der Waals surface area contributed by atoms with Gasteiger partial charge in [-0.05, 0) is 37.7 Å². The second-order valence-corrected chi connectivity index (χ2v) is 7.82. The minimum atomic E-state index is -0.741. The van der Waals surface area contributed by atoms with Crippen molar-refractivity contribution in [2.75, 3.05) is 19.0 Å². The molecule has 1 aliphatic rings. The summed E-state index contributed by atoms with van der Waals surface area (Å²) < 4.78 is 9.87. The van der Waals surface area contributed by atoms with Gasteiger partial charge in [0.1, 0.15) is 5.00 Å². The van der Waals surface area contributed by atoms with Gasteiger partial charge in [-0.2, -0.15) is 0 Å². The van der Waals surface area contributed by atoms with Crippen LogP contribution in [0.3, 0.4) is 0 Å². The van der Waals surface area contributed by atoms with E-state index in [0.29, 0.717) is 22.2 Å². The number of thiophene rings is 1. The van der Waals surface area contributed by atoms with E-state index < -0.39 is 24.5 Å². The van der Waals surface area contributed by atoms with E-state index in [1.807, 2.05) is 0 Å². The van der Waals surface area contributed by atoms with Gasteiger partial charge >= 0.3 is 11.9 Å². The number of amides is 1. The van der Waals surface area contributed by atoms with Crippen LogP contribution < -0.4 is 5.32 Å². The number of hydrogen-bond acceptors (Lipinski definition) is 8. The van der Waals surface area contributed by atoms with Crippen LogP contribution in [0.4, 0.5) is 5.00 Å². The van der Waals surface area contributed by atoms with Crippen LogP contribution in [0.15, 0.2) is 12.4 Å². The number of anilines is 1. The van der Waals surface area contributed by atoms with E-state index in [1.165, 1.54) is 30.8 Å². The fourth-order valence-corrected chi connectivity index (χ4v) is 4.44. The van der Waals surface area contributed by atoms with Gasteiger partial charge in [-0.1, -0.05) is 6.92 Å². The smallest absolute Gasteiger partial charge is 0.359 e. The van der Waals surface area contributed by atoms with E-state index in [2.05, 4.69) is 22.2 Å². The van der Waals surface area contributed by atoms with Crippen LogP contribution in [0.1, 0.15) is 50.3 Å². The number of ether oxygens (including phenoxy) is 2. The minimum Gasteiger partial charge on any atom is -0.465 e. The van der Waals surface area contributed by atoms with E-state index in [4.69, 9.17) is 9.47 Å². The lowest BCUT2D eigenvalue weighted by atomic mass is 9.88. The highest BCUT2D eigenvalue weighted by Gasteiger charge is 2.29. The Morgan fingerprint density at radius 2 is 2.04 bits per heavy atom. The molecular formula is C19H21N3O5S. The number of aromatic nitrogens is 2. The van der Waals surface area contributed by atoms with Crippen LogP contribution in [0, 0.1) is 12.8 Å². The zero-order valence-electron chi connectivity index (χ0n) is 15.9. The summed E-state index contributed by atoms with van der Waals surface area (Å²) in [5, 5.41) is 3.11. The van der Waals surface area contributed by atoms with Crippen molar-refractivity contribution in [2.24, 2.45) is 5.92 Å². The zero-order valence-corrected chi connectivity index (χ0v) is 16.7. The molecule has 2 heterocycles. The summed E-state index contributed by atoms with van der Waals surface area (Å²) in [7, 11) is 1.31. The maximum Gasteiger partial charge on any atom is 0.359 e. The Morgan fingerprint density at radius 1 is 1.25 bits per heavy atom. The van der Waals surface area contributed by atoms with E-state index in [-0.39, 0.29) is 5.69 Å². The molecule has 1 amide bonds. The first-order valence-electron chi connectivity index (χ1n) is 8.87. The molecule has 9 heteroatoms. The fourth-order valence-electron chi connectivity index (χ4n) is 3.02. The fraction of sp³-hybridized carbons (Fsp3) is 0.421. The van der Waals surface area contributed by atoms with E-state index in [0.717, 1.165) is 29.7 Å². The highest BCUT2D eigenvalue weighted by atomic mass is 32.1. The average Bonchev–Trinajstić information content (AvgIpc) is 3.02. The Bertz CT molecular complexity index is 907. The molecular weight excluding hydrogens is 382 g/mol. The molecule has 2 aromatic heterocycles. The lowest BCUT2D eigenvalue weighted by Gasteiger charge is -2.18. The molecule has 0 saturated heterocycles. The van der Waals surface area contributed by atoms with Gasteiger partial charge in [0, 0.05) is 11.1 Å². The third kappa shape index (κ3) is 4.36. The number of nitrogens with one attached hydrogen (secondary N) is 1. The summed E-state index contributed by atoms with van der Waals surface area (Å²) in [5.41, 5.74) is 2.03. The number of rotatable bonds is 5. The first-order valence-corrected chi connectivity index (χ1v) is 9.69. The van der Waals surface area contributed by atoms with Crippen molar-refractivity contribution in [3.63, 3.8) is 0 Å². The molecule has 1 atom stereocenters. The van der Waals surface area contributed by atoms with Crippen molar-refractivity contribution >= 4 is 34.2 Å². The van der Waals surface area contributed by atoms with Gasteiger partial charge in [0.15, 0.2) is 12.3 Å². The van der Waals surface area contributed by atoms with Crippen molar-refractivity contribution in [3.05, 3.63) is 39.8 Å². The highest BCUT2D eigenvalue weighted by Crippen LogP contribution is 2.39. The number of carbonyl (C=O) groups is 3. The SMILES string of the molecule is COC(=O)c1c(NC(=O)COC(=O)c2cnc(C)cn2)sc2c1CC[C@H](C)C2. The van der Waals surface area contributed by atoms with Crippen molar-refractivity contribution in [2.45, 2.75) is 33.1 Å². The third-order valence-corrected chi connectivity index (χ3v) is 5.65. The summed E-state index contributed by atoms with van der Waals surface area (Å²) in [4.78, 5) is 45.4. The topological polar surface area (TPSA) is 107 Å². The molecule has 28 heavy (non-hydrogen) atoms. The number of fused-ring (bicyclic) bond motifs is 1. The Balaban J connectivity index is 1.69. The number of hydrogen-bond donors (Lipinski definition) is 1. The molecule has 0 unspecified atom stereocenters. The summed E-state index contributed by atoms with van der Waals surface area (Å²) in [6.45, 7) is 3.41. The second-order valence-electron chi connectivity index (χ2n) is 6.71. The summed E-state index contributed by atoms with van der Waals surface area (Å²) in [5.74, 6) is -1.23. The molecule has 0 aliphatic heterocycles. The molecule has 0 spiro atoms. The maximum absolute atomic E-state index is 12.3. The quantitative estimate of drug-likeness (QED) is 0.765. The average molecular weight is 403 g/mol. The summed E-state index contributed by atoms with van der Waals surface area (Å²) in [6, 6.07) is 0. The largest absolute Gasteiger partial charge is 0.465 e. The number of esters is 2. The van der Waals surface area contributed by atoms with Crippen LogP contribution in [0.5, 0.6) is 0 Å². The Kier molecular flexibility index (Phi) is 6.03. The van der Waals surface area contributed by atoms with Crippen LogP contribution in [0.2, 0.25) is 0 Å². The first kappa shape index (κ1) is 19.9. The predicted molar refractivity (Wildman–Crippen MR) is 103 cm³/mol. The Hall–Kier alpha value is -2.81. The first-order chi connectivity index (χ1) is 13.4. The predicted octanol–water partition coefficient (Wildman–Crippen LogP) is 2.55. The van der Waals surface area contributed by atoms with Gasteiger partial charge in [-0.3, -0.25) is 9.78 Å². The van der Waals surface area contributed by atoms with E-state index in [1.54, 1.807) is 6.92 Å². The zero-order chi connectivity index (χ0) is 20.3. The highest BCUT2D eigenvalue weighted by molar-refractivity contribution is 7.17. The van der Waals surface area contributed by atoms with Crippen molar-refractivity contribution in [1.82, 2.24) is 9.97 Å². The van der Waals surface area contributed by atoms with Gasteiger partial charge in [-0.25, -0.2) is 14.6 Å². The van der Waals surface area contributed by atoms with Gasteiger partial charge < -0.3 is 14.8 Å². The normalized spacial score (nSPS) is 15.5. The Labute approximate surface area is 166 Å². The molecule has 0 bridgehead atoms. The van der Waals surface area contributed by atoms with Crippen LogP contribution in [-0.4, -0.2) is 41.5 Å². The van der Waals surface area contributed by atoms with E-state index in [9.17, 15) is 14.4 Å². The van der Waals surface area contributed by atoms with E-state index >= 15 is 0 Å². The second kappa shape index (κ2) is 8.47. The van der Waals surface area contributed by atoms with Crippen molar-refractivity contribution in [1.29, 1.82) is 0 Å². The van der Waals surface area contributed by atoms with Crippen LogP contribution >= 0.6 is 11.3 Å². The van der Waals surface area contributed by atoms with Crippen molar-refractivity contribution < 1.29 is 23.9 Å². The standard InChI is InChI=1S/C19H21N3O5S/c1-10-4-5-12-14(6-10)28-17(16(12)19(25)26-3)22-15(23)9-27-18(24)13-8-20-11(2)7-21-13/h7-8,10H,4-6,9H2,1-3H3,(H,22,23)/t10-/m0/s1. The molecule has 0 saturated carbocycles. The van der Waals surface area contributed by atoms with Crippen LogP contribution in [-0.2, 0) is 27.1 Å². The summed E-state index contributed by atoms with van der Waals surface area (Å²) in [6.07, 6.45) is 5.35. The van der Waals surface area contributed by atoms with Gasteiger partial charge in [-0.15, -0.1) is 11.3 Å². The molecule has 8 nitrogen and oxygen atoms in total. The number of aryl methyl sites for hydroxylation is 1. The lowest BCUT2D eigenvalue weighted by Crippen LogP contribution is -2.22.